The fraction of sp³-hybridized carbons (Fsp3) is 0.462. The smallest absolute Gasteiger partial charge is 0.209 e. The van der Waals surface area contributed by atoms with Gasteiger partial charge in [-0.05, 0) is 30.7 Å². The summed E-state index contributed by atoms with van der Waals surface area (Å²) in [6.07, 6.45) is 4.48. The Morgan fingerprint density at radius 2 is 2.13 bits per heavy atom. The van der Waals surface area contributed by atoms with Crippen molar-refractivity contribution in [1.82, 2.24) is 4.90 Å². The lowest BCUT2D eigenvalue weighted by molar-refractivity contribution is -0.119. The molecule has 0 saturated carbocycles. The van der Waals surface area contributed by atoms with Gasteiger partial charge in [0.1, 0.15) is 0 Å². The van der Waals surface area contributed by atoms with Crippen molar-refractivity contribution in [2.45, 2.75) is 19.3 Å². The second-order valence-corrected chi connectivity index (χ2v) is 4.30. The lowest BCUT2D eigenvalue weighted by Crippen LogP contribution is -2.35. The van der Waals surface area contributed by atoms with Gasteiger partial charge < -0.3 is 4.90 Å². The maximum atomic E-state index is 10.7. The summed E-state index contributed by atoms with van der Waals surface area (Å²) in [6, 6.07) is 10.5. The van der Waals surface area contributed by atoms with Crippen molar-refractivity contribution < 1.29 is 4.79 Å². The van der Waals surface area contributed by atoms with Crippen molar-refractivity contribution in [3.63, 3.8) is 0 Å². The van der Waals surface area contributed by atoms with Gasteiger partial charge in [0, 0.05) is 13.1 Å². The molecule has 1 amide bonds. The predicted molar refractivity (Wildman–Crippen MR) is 60.5 cm³/mol. The number of hydrogen-bond acceptors (Lipinski definition) is 1. The van der Waals surface area contributed by atoms with E-state index in [0.29, 0.717) is 5.92 Å². The number of carbonyl (C=O) groups is 1. The Balaban J connectivity index is 1.92. The van der Waals surface area contributed by atoms with Gasteiger partial charge in [0.15, 0.2) is 0 Å². The molecule has 1 heterocycles. The Morgan fingerprint density at radius 3 is 2.87 bits per heavy atom. The summed E-state index contributed by atoms with van der Waals surface area (Å²) in [7, 11) is 0. The molecule has 0 spiro atoms. The number of rotatable bonds is 3. The first-order valence-electron chi connectivity index (χ1n) is 5.62. The zero-order chi connectivity index (χ0) is 10.5. The van der Waals surface area contributed by atoms with Crippen molar-refractivity contribution >= 4 is 6.41 Å². The molecule has 1 saturated heterocycles. The van der Waals surface area contributed by atoms with E-state index in [-0.39, 0.29) is 0 Å². The zero-order valence-electron chi connectivity index (χ0n) is 8.93. The highest BCUT2D eigenvalue weighted by Gasteiger charge is 2.18. The van der Waals surface area contributed by atoms with Crippen LogP contribution in [0, 0.1) is 5.92 Å². The number of piperidine rings is 1. The summed E-state index contributed by atoms with van der Waals surface area (Å²) in [6.45, 7) is 1.87. The summed E-state index contributed by atoms with van der Waals surface area (Å²) in [4.78, 5) is 12.6. The zero-order valence-corrected chi connectivity index (χ0v) is 8.93. The van der Waals surface area contributed by atoms with E-state index in [1.165, 1.54) is 12.0 Å². The van der Waals surface area contributed by atoms with Crippen molar-refractivity contribution in [2.24, 2.45) is 5.92 Å². The van der Waals surface area contributed by atoms with Gasteiger partial charge in [-0.2, -0.15) is 0 Å². The Kier molecular flexibility index (Phi) is 3.38. The minimum Gasteiger partial charge on any atom is -0.345 e. The molecular weight excluding hydrogens is 186 g/mol. The van der Waals surface area contributed by atoms with Gasteiger partial charge in [-0.1, -0.05) is 30.3 Å². The molecule has 1 aromatic carbocycles. The van der Waals surface area contributed by atoms with Gasteiger partial charge in [-0.3, -0.25) is 4.79 Å². The van der Waals surface area contributed by atoms with Crippen molar-refractivity contribution in [2.75, 3.05) is 13.1 Å². The second kappa shape index (κ2) is 4.96. The van der Waals surface area contributed by atoms with Crippen molar-refractivity contribution in [3.05, 3.63) is 35.9 Å². The summed E-state index contributed by atoms with van der Waals surface area (Å²) in [5, 5.41) is 0. The first-order chi connectivity index (χ1) is 7.38. The minimum atomic E-state index is 0.645. The van der Waals surface area contributed by atoms with Gasteiger partial charge in [-0.15, -0.1) is 0 Å². The van der Waals surface area contributed by atoms with Crippen LogP contribution in [0.15, 0.2) is 30.3 Å². The largest absolute Gasteiger partial charge is 0.345 e. The van der Waals surface area contributed by atoms with Crippen molar-refractivity contribution in [3.8, 4) is 0 Å². The highest BCUT2D eigenvalue weighted by Crippen LogP contribution is 2.19. The lowest BCUT2D eigenvalue weighted by atomic mass is 9.92. The number of hydrogen-bond donors (Lipinski definition) is 0. The van der Waals surface area contributed by atoms with Crippen LogP contribution in [0.1, 0.15) is 18.4 Å². The van der Waals surface area contributed by atoms with Gasteiger partial charge in [0.25, 0.3) is 0 Å². The van der Waals surface area contributed by atoms with Crippen LogP contribution < -0.4 is 0 Å². The molecule has 2 rings (SSSR count). The third-order valence-corrected chi connectivity index (χ3v) is 3.07. The Morgan fingerprint density at radius 1 is 1.33 bits per heavy atom. The fourth-order valence-corrected chi connectivity index (χ4v) is 2.31. The van der Waals surface area contributed by atoms with E-state index in [4.69, 9.17) is 0 Å². The van der Waals surface area contributed by atoms with Crippen LogP contribution in [-0.2, 0) is 11.2 Å². The molecule has 1 aromatic rings. The number of amides is 1. The number of benzene rings is 1. The molecular formula is C13H17NO. The van der Waals surface area contributed by atoms with Crippen LogP contribution in [0.3, 0.4) is 0 Å². The third-order valence-electron chi connectivity index (χ3n) is 3.07. The van der Waals surface area contributed by atoms with E-state index in [0.717, 1.165) is 32.3 Å². The number of nitrogens with zero attached hydrogens (tertiary/aromatic N) is 1. The maximum absolute atomic E-state index is 10.7. The summed E-state index contributed by atoms with van der Waals surface area (Å²) < 4.78 is 0. The molecule has 0 N–H and O–H groups in total. The molecule has 1 aliphatic rings. The summed E-state index contributed by atoms with van der Waals surface area (Å²) in [5.74, 6) is 0.645. The molecule has 1 atom stereocenters. The summed E-state index contributed by atoms with van der Waals surface area (Å²) >= 11 is 0. The normalized spacial score (nSPS) is 21.3. The van der Waals surface area contributed by atoms with Gasteiger partial charge in [0.2, 0.25) is 6.41 Å². The number of likely N-dealkylation sites (tertiary alicyclic amines) is 1. The lowest BCUT2D eigenvalue weighted by Gasteiger charge is -2.29. The van der Waals surface area contributed by atoms with Gasteiger partial charge in [0.05, 0.1) is 0 Å². The van der Waals surface area contributed by atoms with E-state index in [1.54, 1.807) is 0 Å². The fourth-order valence-electron chi connectivity index (χ4n) is 2.31. The van der Waals surface area contributed by atoms with Crippen LogP contribution in [0.4, 0.5) is 0 Å². The minimum absolute atomic E-state index is 0.645. The molecule has 0 radical (unpaired) electrons. The molecule has 1 fully saturated rings. The number of carbonyl (C=O) groups excluding carboxylic acids is 1. The maximum Gasteiger partial charge on any atom is 0.209 e. The van der Waals surface area contributed by atoms with E-state index in [2.05, 4.69) is 24.3 Å². The Labute approximate surface area is 90.9 Å². The first kappa shape index (κ1) is 10.2. The van der Waals surface area contributed by atoms with E-state index < -0.39 is 0 Å². The molecule has 15 heavy (non-hydrogen) atoms. The molecule has 1 unspecified atom stereocenters. The van der Waals surface area contributed by atoms with Crippen LogP contribution in [0.25, 0.3) is 0 Å². The predicted octanol–water partition coefficient (Wildman–Crippen LogP) is 2.10. The highest BCUT2D eigenvalue weighted by molar-refractivity contribution is 5.47. The van der Waals surface area contributed by atoms with E-state index in [1.807, 2.05) is 11.0 Å². The standard InChI is InChI=1S/C13H17NO/c15-11-14-8-4-7-13(10-14)9-12-5-2-1-3-6-12/h1-3,5-6,11,13H,4,7-10H2. The quantitative estimate of drug-likeness (QED) is 0.689. The molecule has 80 valence electrons. The van der Waals surface area contributed by atoms with Crippen LogP contribution >= 0.6 is 0 Å². The average molecular weight is 203 g/mol. The molecule has 1 aliphatic heterocycles. The SMILES string of the molecule is O=CN1CCCC(Cc2ccccc2)C1. The van der Waals surface area contributed by atoms with Gasteiger partial charge in [-0.25, -0.2) is 0 Å². The third kappa shape index (κ3) is 2.82. The Bertz CT molecular complexity index is 310. The molecule has 0 aromatic heterocycles. The molecule has 0 bridgehead atoms. The van der Waals surface area contributed by atoms with Crippen molar-refractivity contribution in [1.29, 1.82) is 0 Å². The van der Waals surface area contributed by atoms with E-state index in [9.17, 15) is 4.79 Å². The molecule has 2 heteroatoms. The Hall–Kier alpha value is -1.31. The molecule has 2 nitrogen and oxygen atoms in total. The van der Waals surface area contributed by atoms with E-state index >= 15 is 0 Å². The summed E-state index contributed by atoms with van der Waals surface area (Å²) in [5.41, 5.74) is 1.38. The topological polar surface area (TPSA) is 20.3 Å². The monoisotopic (exact) mass is 203 g/mol. The van der Waals surface area contributed by atoms with Crippen LogP contribution in [0.5, 0.6) is 0 Å². The first-order valence-corrected chi connectivity index (χ1v) is 5.62. The highest BCUT2D eigenvalue weighted by atomic mass is 16.1. The van der Waals surface area contributed by atoms with Crippen LogP contribution in [-0.4, -0.2) is 24.4 Å². The molecule has 0 aliphatic carbocycles. The van der Waals surface area contributed by atoms with Gasteiger partial charge >= 0.3 is 0 Å². The van der Waals surface area contributed by atoms with Crippen LogP contribution in [0.2, 0.25) is 0 Å². The average Bonchev–Trinajstić information content (AvgIpc) is 2.31. The second-order valence-electron chi connectivity index (χ2n) is 4.30.